The van der Waals surface area contributed by atoms with Gasteiger partial charge in [0.25, 0.3) is 0 Å². The minimum Gasteiger partial charge on any atom is -0.481 e. The molecule has 0 bridgehead atoms. The van der Waals surface area contributed by atoms with Gasteiger partial charge in [-0.2, -0.15) is 0 Å². The maximum absolute atomic E-state index is 5.12. The van der Waals surface area contributed by atoms with E-state index in [0.717, 1.165) is 30.0 Å². The molecule has 0 radical (unpaired) electrons. The van der Waals surface area contributed by atoms with Crippen LogP contribution < -0.4 is 4.74 Å². The van der Waals surface area contributed by atoms with Crippen LogP contribution in [0.4, 0.5) is 0 Å². The molecule has 0 saturated carbocycles. The molecular formula is C10H15NO. The average molecular weight is 165 g/mol. The van der Waals surface area contributed by atoms with Crippen molar-refractivity contribution in [2.75, 3.05) is 7.11 Å². The van der Waals surface area contributed by atoms with Gasteiger partial charge in [-0.1, -0.05) is 19.4 Å². The Balaban J connectivity index is 2.89. The van der Waals surface area contributed by atoms with Gasteiger partial charge in [0.05, 0.1) is 7.11 Å². The predicted molar refractivity (Wildman–Crippen MR) is 49.5 cm³/mol. The van der Waals surface area contributed by atoms with Crippen molar-refractivity contribution >= 4 is 0 Å². The number of nitrogens with zero attached hydrogens (tertiary/aromatic N) is 1. The largest absolute Gasteiger partial charge is 0.481 e. The van der Waals surface area contributed by atoms with Gasteiger partial charge >= 0.3 is 0 Å². The van der Waals surface area contributed by atoms with E-state index in [9.17, 15) is 0 Å². The number of hydrogen-bond acceptors (Lipinski definition) is 2. The fourth-order valence-corrected chi connectivity index (χ4v) is 1.15. The Morgan fingerprint density at radius 2 is 2.17 bits per heavy atom. The van der Waals surface area contributed by atoms with Crippen molar-refractivity contribution in [3.05, 3.63) is 23.4 Å². The fourth-order valence-electron chi connectivity index (χ4n) is 1.15. The van der Waals surface area contributed by atoms with Crippen molar-refractivity contribution in [3.63, 3.8) is 0 Å². The summed E-state index contributed by atoms with van der Waals surface area (Å²) < 4.78 is 5.12. The highest BCUT2D eigenvalue weighted by Crippen LogP contribution is 2.14. The molecule has 0 N–H and O–H groups in total. The van der Waals surface area contributed by atoms with Gasteiger partial charge in [0.1, 0.15) is 0 Å². The summed E-state index contributed by atoms with van der Waals surface area (Å²) in [4.78, 5) is 4.36. The molecule has 0 aliphatic heterocycles. The molecule has 0 fully saturated rings. The van der Waals surface area contributed by atoms with Crippen molar-refractivity contribution in [3.8, 4) is 5.88 Å². The predicted octanol–water partition coefficient (Wildman–Crippen LogP) is 2.35. The normalized spacial score (nSPS) is 9.92. The second kappa shape index (κ2) is 4.10. The molecule has 0 saturated heterocycles. The number of rotatable bonds is 3. The Bertz CT molecular complexity index is 258. The highest BCUT2D eigenvalue weighted by molar-refractivity contribution is 5.26. The van der Waals surface area contributed by atoms with Crippen molar-refractivity contribution in [2.45, 2.75) is 26.7 Å². The first-order chi connectivity index (χ1) is 5.77. The van der Waals surface area contributed by atoms with Crippen LogP contribution >= 0.6 is 0 Å². The van der Waals surface area contributed by atoms with E-state index < -0.39 is 0 Å². The van der Waals surface area contributed by atoms with Gasteiger partial charge in [0.15, 0.2) is 0 Å². The van der Waals surface area contributed by atoms with Gasteiger partial charge in [-0.05, 0) is 19.4 Å². The van der Waals surface area contributed by atoms with Gasteiger partial charge in [-0.25, -0.2) is 4.98 Å². The fraction of sp³-hybridized carbons (Fsp3) is 0.500. The molecule has 1 rings (SSSR count). The summed E-state index contributed by atoms with van der Waals surface area (Å²) in [5, 5.41) is 0. The van der Waals surface area contributed by atoms with Gasteiger partial charge in [-0.15, -0.1) is 0 Å². The Labute approximate surface area is 73.6 Å². The highest BCUT2D eigenvalue weighted by atomic mass is 16.5. The standard InChI is InChI=1S/C10H15NO/c1-4-5-9-7-6-8(2)10(11-9)12-3/h6-7H,4-5H2,1-3H3. The monoisotopic (exact) mass is 165 g/mol. The van der Waals surface area contributed by atoms with Gasteiger partial charge < -0.3 is 4.74 Å². The molecule has 0 aliphatic carbocycles. The number of pyridine rings is 1. The third-order valence-electron chi connectivity index (χ3n) is 1.81. The van der Waals surface area contributed by atoms with Crippen LogP contribution in [0.2, 0.25) is 0 Å². The molecule has 0 amide bonds. The third-order valence-corrected chi connectivity index (χ3v) is 1.81. The van der Waals surface area contributed by atoms with Crippen LogP contribution in [-0.2, 0) is 6.42 Å². The molecule has 66 valence electrons. The zero-order chi connectivity index (χ0) is 8.97. The lowest BCUT2D eigenvalue weighted by Crippen LogP contribution is -1.95. The van der Waals surface area contributed by atoms with Gasteiger partial charge in [-0.3, -0.25) is 0 Å². The first kappa shape index (κ1) is 9.04. The van der Waals surface area contributed by atoms with E-state index in [1.807, 2.05) is 6.92 Å². The lowest BCUT2D eigenvalue weighted by Gasteiger charge is -2.04. The summed E-state index contributed by atoms with van der Waals surface area (Å²) in [7, 11) is 1.66. The second-order valence-corrected chi connectivity index (χ2v) is 2.88. The lowest BCUT2D eigenvalue weighted by molar-refractivity contribution is 0.393. The molecule has 0 unspecified atom stereocenters. The van der Waals surface area contributed by atoms with E-state index in [2.05, 4.69) is 24.0 Å². The van der Waals surface area contributed by atoms with Crippen LogP contribution in [-0.4, -0.2) is 12.1 Å². The zero-order valence-electron chi connectivity index (χ0n) is 7.92. The van der Waals surface area contributed by atoms with Crippen LogP contribution in [0.5, 0.6) is 5.88 Å². The minimum absolute atomic E-state index is 0.751. The molecule has 1 heterocycles. The van der Waals surface area contributed by atoms with E-state index in [4.69, 9.17) is 4.74 Å². The van der Waals surface area contributed by atoms with E-state index >= 15 is 0 Å². The van der Waals surface area contributed by atoms with Crippen LogP contribution in [0.25, 0.3) is 0 Å². The Morgan fingerprint density at radius 1 is 1.42 bits per heavy atom. The summed E-state index contributed by atoms with van der Waals surface area (Å²) in [6, 6.07) is 4.11. The first-order valence-corrected chi connectivity index (χ1v) is 4.28. The summed E-state index contributed by atoms with van der Waals surface area (Å²) >= 11 is 0. The van der Waals surface area contributed by atoms with Crippen molar-refractivity contribution in [2.24, 2.45) is 0 Å². The number of methoxy groups -OCH3 is 1. The van der Waals surface area contributed by atoms with E-state index in [1.54, 1.807) is 7.11 Å². The molecule has 0 spiro atoms. The van der Waals surface area contributed by atoms with Crippen LogP contribution in [0, 0.1) is 6.92 Å². The topological polar surface area (TPSA) is 22.1 Å². The number of aryl methyl sites for hydroxylation is 2. The smallest absolute Gasteiger partial charge is 0.216 e. The maximum Gasteiger partial charge on any atom is 0.216 e. The molecular weight excluding hydrogens is 150 g/mol. The Hall–Kier alpha value is -1.05. The second-order valence-electron chi connectivity index (χ2n) is 2.88. The van der Waals surface area contributed by atoms with Gasteiger partial charge in [0.2, 0.25) is 5.88 Å². The summed E-state index contributed by atoms with van der Waals surface area (Å²) in [6.45, 7) is 4.15. The Morgan fingerprint density at radius 3 is 2.75 bits per heavy atom. The van der Waals surface area contributed by atoms with Crippen LogP contribution in [0.1, 0.15) is 24.6 Å². The zero-order valence-corrected chi connectivity index (χ0v) is 7.92. The summed E-state index contributed by atoms with van der Waals surface area (Å²) in [5.74, 6) is 0.751. The van der Waals surface area contributed by atoms with E-state index in [1.165, 1.54) is 0 Å². The van der Waals surface area contributed by atoms with Crippen LogP contribution in [0.15, 0.2) is 12.1 Å². The van der Waals surface area contributed by atoms with Gasteiger partial charge in [0, 0.05) is 11.3 Å². The molecule has 0 aromatic carbocycles. The molecule has 1 aromatic heterocycles. The first-order valence-electron chi connectivity index (χ1n) is 4.28. The minimum atomic E-state index is 0.751. The molecule has 0 atom stereocenters. The lowest BCUT2D eigenvalue weighted by atomic mass is 10.2. The van der Waals surface area contributed by atoms with E-state index in [-0.39, 0.29) is 0 Å². The van der Waals surface area contributed by atoms with E-state index in [0.29, 0.717) is 0 Å². The molecule has 2 nitrogen and oxygen atoms in total. The summed E-state index contributed by atoms with van der Waals surface area (Å²) in [5.41, 5.74) is 2.21. The molecule has 1 aromatic rings. The molecule has 0 aliphatic rings. The van der Waals surface area contributed by atoms with Crippen molar-refractivity contribution in [1.29, 1.82) is 0 Å². The van der Waals surface area contributed by atoms with Crippen LogP contribution in [0.3, 0.4) is 0 Å². The molecule has 2 heteroatoms. The molecule has 12 heavy (non-hydrogen) atoms. The SMILES string of the molecule is CCCc1ccc(C)c(OC)n1. The average Bonchev–Trinajstić information content (AvgIpc) is 2.09. The Kier molecular flexibility index (Phi) is 3.09. The maximum atomic E-state index is 5.12. The highest BCUT2D eigenvalue weighted by Gasteiger charge is 2.00. The summed E-state index contributed by atoms with van der Waals surface area (Å²) in [6.07, 6.45) is 2.15. The third kappa shape index (κ3) is 1.97. The number of hydrogen-bond donors (Lipinski definition) is 0. The van der Waals surface area contributed by atoms with Crippen molar-refractivity contribution in [1.82, 2.24) is 4.98 Å². The number of ether oxygens (including phenoxy) is 1. The van der Waals surface area contributed by atoms with Crippen molar-refractivity contribution < 1.29 is 4.74 Å². The quantitative estimate of drug-likeness (QED) is 0.686. The number of aromatic nitrogens is 1.